The lowest BCUT2D eigenvalue weighted by Crippen LogP contribution is -2.45. The van der Waals surface area contributed by atoms with Crippen molar-refractivity contribution < 1.29 is 14.3 Å². The molecule has 34 heavy (non-hydrogen) atoms. The van der Waals surface area contributed by atoms with E-state index in [0.717, 1.165) is 22.5 Å². The zero-order valence-electron chi connectivity index (χ0n) is 19.0. The Balaban J connectivity index is 1.35. The Labute approximate surface area is 198 Å². The molecule has 0 saturated heterocycles. The molecule has 1 N–H and O–H groups in total. The SMILES string of the molecule is CN1C(=O)N[C@@H](c2cccc(OCc3ccccc3)c2)C2=C1CN(CCc1ccccn1)C2=O. The molecule has 0 unspecified atom stereocenters. The number of likely N-dealkylation sites (N-methyl/N-ethyl adjacent to an activating group) is 1. The van der Waals surface area contributed by atoms with Crippen molar-refractivity contribution >= 4 is 11.9 Å². The Kier molecular flexibility index (Phi) is 5.99. The van der Waals surface area contributed by atoms with Crippen molar-refractivity contribution in [2.75, 3.05) is 20.1 Å². The molecule has 0 radical (unpaired) electrons. The van der Waals surface area contributed by atoms with Crippen molar-refractivity contribution in [2.45, 2.75) is 19.1 Å². The van der Waals surface area contributed by atoms with E-state index in [1.54, 1.807) is 23.0 Å². The Hall–Kier alpha value is -4.13. The molecule has 3 aromatic rings. The number of aromatic nitrogens is 1. The van der Waals surface area contributed by atoms with Gasteiger partial charge in [0.1, 0.15) is 12.4 Å². The van der Waals surface area contributed by atoms with Gasteiger partial charge in [-0.25, -0.2) is 4.79 Å². The number of nitrogens with one attached hydrogen (secondary N) is 1. The molecule has 0 aliphatic carbocycles. The highest BCUT2D eigenvalue weighted by atomic mass is 16.5. The molecule has 172 valence electrons. The van der Waals surface area contributed by atoms with Crippen molar-refractivity contribution in [3.05, 3.63) is 107 Å². The number of carbonyl (C=O) groups is 2. The molecule has 5 rings (SSSR count). The standard InChI is InChI=1S/C27H26N4O3/c1-30-23-17-31(15-13-21-11-5-6-14-28-21)26(32)24(23)25(29-27(30)33)20-10-7-12-22(16-20)34-18-19-8-3-2-4-9-19/h2-12,14,16,25H,13,15,17-18H2,1H3,(H,29,33)/t25-/m0/s1. The van der Waals surface area contributed by atoms with E-state index in [9.17, 15) is 9.59 Å². The van der Waals surface area contributed by atoms with Crippen molar-refractivity contribution in [1.29, 1.82) is 0 Å². The maximum absolute atomic E-state index is 13.4. The van der Waals surface area contributed by atoms with Gasteiger partial charge < -0.3 is 15.0 Å². The predicted octanol–water partition coefficient (Wildman–Crippen LogP) is 3.70. The van der Waals surface area contributed by atoms with Crippen LogP contribution in [0.25, 0.3) is 0 Å². The first-order valence-corrected chi connectivity index (χ1v) is 11.3. The topological polar surface area (TPSA) is 74.8 Å². The van der Waals surface area contributed by atoms with E-state index >= 15 is 0 Å². The van der Waals surface area contributed by atoms with E-state index in [4.69, 9.17) is 4.74 Å². The van der Waals surface area contributed by atoms with Crippen molar-refractivity contribution in [2.24, 2.45) is 0 Å². The van der Waals surface area contributed by atoms with Crippen LogP contribution in [0.5, 0.6) is 5.75 Å². The van der Waals surface area contributed by atoms with Crippen molar-refractivity contribution in [3.8, 4) is 5.75 Å². The number of amides is 3. The van der Waals surface area contributed by atoms with Crippen LogP contribution in [0.2, 0.25) is 0 Å². The number of rotatable bonds is 7. The molecule has 0 bridgehead atoms. The lowest BCUT2D eigenvalue weighted by molar-refractivity contribution is -0.125. The normalized spacial score (nSPS) is 17.6. The second-order valence-electron chi connectivity index (χ2n) is 8.45. The first-order valence-electron chi connectivity index (χ1n) is 11.3. The van der Waals surface area contributed by atoms with E-state index in [1.165, 1.54) is 0 Å². The summed E-state index contributed by atoms with van der Waals surface area (Å²) in [5.41, 5.74) is 4.18. The van der Waals surface area contributed by atoms with E-state index in [0.29, 0.717) is 37.4 Å². The number of ether oxygens (including phenoxy) is 1. The van der Waals surface area contributed by atoms with Crippen LogP contribution in [-0.2, 0) is 17.8 Å². The number of hydrogen-bond donors (Lipinski definition) is 1. The average Bonchev–Trinajstić information content (AvgIpc) is 3.21. The molecule has 7 nitrogen and oxygen atoms in total. The highest BCUT2D eigenvalue weighted by Gasteiger charge is 2.42. The Morgan fingerprint density at radius 3 is 2.65 bits per heavy atom. The molecule has 2 aliphatic rings. The smallest absolute Gasteiger partial charge is 0.322 e. The molecule has 2 aliphatic heterocycles. The largest absolute Gasteiger partial charge is 0.489 e. The maximum atomic E-state index is 13.4. The van der Waals surface area contributed by atoms with Gasteiger partial charge in [0.25, 0.3) is 5.91 Å². The number of pyridine rings is 1. The first-order chi connectivity index (χ1) is 16.6. The molecular weight excluding hydrogens is 428 g/mol. The summed E-state index contributed by atoms with van der Waals surface area (Å²) in [4.78, 5) is 33.8. The summed E-state index contributed by atoms with van der Waals surface area (Å²) < 4.78 is 5.98. The molecule has 3 heterocycles. The zero-order valence-corrected chi connectivity index (χ0v) is 19.0. The number of urea groups is 1. The number of benzene rings is 2. The van der Waals surface area contributed by atoms with Crippen molar-refractivity contribution in [1.82, 2.24) is 20.1 Å². The van der Waals surface area contributed by atoms with Crippen LogP contribution in [-0.4, -0.2) is 46.9 Å². The molecule has 3 amide bonds. The monoisotopic (exact) mass is 454 g/mol. The van der Waals surface area contributed by atoms with Gasteiger partial charge in [-0.2, -0.15) is 0 Å². The summed E-state index contributed by atoms with van der Waals surface area (Å²) in [6.07, 6.45) is 2.41. The van der Waals surface area contributed by atoms with Gasteiger partial charge in [0.05, 0.1) is 23.9 Å². The maximum Gasteiger partial charge on any atom is 0.322 e. The van der Waals surface area contributed by atoms with E-state index in [-0.39, 0.29) is 11.9 Å². The summed E-state index contributed by atoms with van der Waals surface area (Å²) in [6, 6.07) is 22.5. The minimum Gasteiger partial charge on any atom is -0.489 e. The van der Waals surface area contributed by atoms with Gasteiger partial charge in [-0.05, 0) is 35.4 Å². The van der Waals surface area contributed by atoms with Crippen LogP contribution < -0.4 is 10.1 Å². The molecular formula is C27H26N4O3. The third-order valence-corrected chi connectivity index (χ3v) is 6.24. The van der Waals surface area contributed by atoms with Crippen LogP contribution in [0.3, 0.4) is 0 Å². The van der Waals surface area contributed by atoms with Crippen LogP contribution >= 0.6 is 0 Å². The second kappa shape index (κ2) is 9.39. The van der Waals surface area contributed by atoms with Gasteiger partial charge >= 0.3 is 6.03 Å². The Morgan fingerprint density at radius 2 is 1.85 bits per heavy atom. The summed E-state index contributed by atoms with van der Waals surface area (Å²) in [5, 5.41) is 2.99. The average molecular weight is 455 g/mol. The fourth-order valence-electron chi connectivity index (χ4n) is 4.37. The van der Waals surface area contributed by atoms with Crippen LogP contribution in [0, 0.1) is 0 Å². The highest BCUT2D eigenvalue weighted by molar-refractivity contribution is 6.01. The van der Waals surface area contributed by atoms with Crippen molar-refractivity contribution in [3.63, 3.8) is 0 Å². The summed E-state index contributed by atoms with van der Waals surface area (Å²) in [7, 11) is 1.70. The van der Waals surface area contributed by atoms with Gasteiger partial charge in [0.2, 0.25) is 0 Å². The van der Waals surface area contributed by atoms with Crippen LogP contribution in [0.15, 0.2) is 90.3 Å². The number of nitrogens with zero attached hydrogens (tertiary/aromatic N) is 3. The summed E-state index contributed by atoms with van der Waals surface area (Å²) in [5.74, 6) is 0.632. The third kappa shape index (κ3) is 4.37. The van der Waals surface area contributed by atoms with Gasteiger partial charge in [-0.3, -0.25) is 14.7 Å². The predicted molar refractivity (Wildman–Crippen MR) is 128 cm³/mol. The van der Waals surface area contributed by atoms with Gasteiger partial charge in [-0.1, -0.05) is 48.5 Å². The second-order valence-corrected chi connectivity index (χ2v) is 8.45. The summed E-state index contributed by atoms with van der Waals surface area (Å²) >= 11 is 0. The molecule has 7 heteroatoms. The van der Waals surface area contributed by atoms with E-state index in [1.807, 2.05) is 72.8 Å². The zero-order chi connectivity index (χ0) is 23.5. The minimum atomic E-state index is -0.522. The first kappa shape index (κ1) is 21.7. The number of carbonyl (C=O) groups excluding carboxylic acids is 2. The fraction of sp³-hybridized carbons (Fsp3) is 0.222. The molecule has 0 spiro atoms. The third-order valence-electron chi connectivity index (χ3n) is 6.24. The summed E-state index contributed by atoms with van der Waals surface area (Å²) in [6.45, 7) is 1.39. The van der Waals surface area contributed by atoms with Gasteiger partial charge in [0.15, 0.2) is 0 Å². The van der Waals surface area contributed by atoms with Crippen LogP contribution in [0.4, 0.5) is 4.79 Å². The van der Waals surface area contributed by atoms with E-state index < -0.39 is 6.04 Å². The molecule has 1 aromatic heterocycles. The highest BCUT2D eigenvalue weighted by Crippen LogP contribution is 2.36. The molecule has 1 atom stereocenters. The quantitative estimate of drug-likeness (QED) is 0.591. The van der Waals surface area contributed by atoms with Gasteiger partial charge in [-0.15, -0.1) is 0 Å². The lowest BCUT2D eigenvalue weighted by Gasteiger charge is -2.31. The lowest BCUT2D eigenvalue weighted by atomic mass is 9.95. The van der Waals surface area contributed by atoms with E-state index in [2.05, 4.69) is 10.3 Å². The molecule has 0 fully saturated rings. The Morgan fingerprint density at radius 1 is 1.03 bits per heavy atom. The van der Waals surface area contributed by atoms with Gasteiger partial charge in [0, 0.05) is 31.9 Å². The fourth-order valence-corrected chi connectivity index (χ4v) is 4.37. The van der Waals surface area contributed by atoms with Crippen LogP contribution in [0.1, 0.15) is 22.9 Å². The number of hydrogen-bond acceptors (Lipinski definition) is 4. The Bertz CT molecular complexity index is 1230. The molecule has 2 aromatic carbocycles. The minimum absolute atomic E-state index is 0.0570. The molecule has 0 saturated carbocycles.